The molecule has 0 heterocycles. The third kappa shape index (κ3) is 5.95. The lowest BCUT2D eigenvalue weighted by Crippen LogP contribution is -2.32. The topological polar surface area (TPSA) is 68.9 Å². The zero-order valence-corrected chi connectivity index (χ0v) is 15.0. The number of methoxy groups -OCH3 is 2. The number of ether oxygens (including phenoxy) is 2. The van der Waals surface area contributed by atoms with E-state index < -0.39 is 0 Å². The maximum Gasteiger partial charge on any atom is 0.188 e. The summed E-state index contributed by atoms with van der Waals surface area (Å²) in [7, 11) is 3.26. The second-order valence-electron chi connectivity index (χ2n) is 6.46. The van der Waals surface area contributed by atoms with Gasteiger partial charge in [0.2, 0.25) is 0 Å². The van der Waals surface area contributed by atoms with Crippen LogP contribution in [0.3, 0.4) is 0 Å². The monoisotopic (exact) mass is 333 g/mol. The summed E-state index contributed by atoms with van der Waals surface area (Å²) in [4.78, 5) is 4.39. The Kier molecular flexibility index (Phi) is 7.72. The summed E-state index contributed by atoms with van der Waals surface area (Å²) in [6, 6.07) is 5.78. The van der Waals surface area contributed by atoms with Gasteiger partial charge in [-0.15, -0.1) is 0 Å². The summed E-state index contributed by atoms with van der Waals surface area (Å²) in [6.07, 6.45) is 9.52. The van der Waals surface area contributed by atoms with E-state index in [4.69, 9.17) is 15.2 Å². The molecule has 24 heavy (non-hydrogen) atoms. The highest BCUT2D eigenvalue weighted by molar-refractivity contribution is 5.77. The van der Waals surface area contributed by atoms with E-state index in [9.17, 15) is 0 Å². The van der Waals surface area contributed by atoms with Crippen molar-refractivity contribution in [3.8, 4) is 11.5 Å². The van der Waals surface area contributed by atoms with Gasteiger partial charge in [-0.05, 0) is 30.0 Å². The van der Waals surface area contributed by atoms with Crippen LogP contribution in [0.4, 0.5) is 0 Å². The first kappa shape index (κ1) is 18.4. The highest BCUT2D eigenvalue weighted by Gasteiger charge is 2.13. The summed E-state index contributed by atoms with van der Waals surface area (Å²) < 4.78 is 10.5. The molecule has 1 aromatic rings. The van der Waals surface area contributed by atoms with E-state index in [1.807, 2.05) is 18.2 Å². The van der Waals surface area contributed by atoms with E-state index in [0.29, 0.717) is 18.3 Å². The molecule has 2 rings (SSSR count). The molecule has 0 aliphatic heterocycles. The molecule has 134 valence electrons. The van der Waals surface area contributed by atoms with Crippen molar-refractivity contribution in [2.24, 2.45) is 16.6 Å². The summed E-state index contributed by atoms with van der Waals surface area (Å²) >= 11 is 0. The lowest BCUT2D eigenvalue weighted by atomic mass is 10.0. The summed E-state index contributed by atoms with van der Waals surface area (Å²) in [5.74, 6) is 2.91. The third-order valence-electron chi connectivity index (χ3n) is 4.70. The highest BCUT2D eigenvalue weighted by Crippen LogP contribution is 2.29. The zero-order valence-electron chi connectivity index (χ0n) is 15.0. The maximum absolute atomic E-state index is 5.94. The zero-order chi connectivity index (χ0) is 17.2. The van der Waals surface area contributed by atoms with E-state index in [2.05, 4.69) is 10.3 Å². The fourth-order valence-corrected chi connectivity index (χ4v) is 3.28. The second-order valence-corrected chi connectivity index (χ2v) is 6.46. The maximum atomic E-state index is 5.94. The molecule has 1 aliphatic rings. The van der Waals surface area contributed by atoms with E-state index >= 15 is 0 Å². The number of benzene rings is 1. The Morgan fingerprint density at radius 2 is 1.92 bits per heavy atom. The standard InChI is InChI=1S/C19H31N3O2/c1-23-17-11-10-16(13-18(17)24-2)14-22-19(20)21-12-6-5-9-15-7-3-4-8-15/h10-11,13,15H,3-9,12,14H2,1-2H3,(H3,20,21,22). The molecule has 0 aromatic heterocycles. The third-order valence-corrected chi connectivity index (χ3v) is 4.70. The number of rotatable bonds is 9. The first-order valence-electron chi connectivity index (χ1n) is 8.97. The normalized spacial score (nSPS) is 15.5. The minimum absolute atomic E-state index is 0.505. The average molecular weight is 333 g/mol. The summed E-state index contributed by atoms with van der Waals surface area (Å²) in [5.41, 5.74) is 6.98. The van der Waals surface area contributed by atoms with Crippen LogP contribution in [-0.4, -0.2) is 26.7 Å². The molecular formula is C19H31N3O2. The van der Waals surface area contributed by atoms with Gasteiger partial charge in [0.1, 0.15) is 0 Å². The highest BCUT2D eigenvalue weighted by atomic mass is 16.5. The van der Waals surface area contributed by atoms with Gasteiger partial charge in [0.05, 0.1) is 20.8 Å². The molecule has 1 saturated carbocycles. The van der Waals surface area contributed by atoms with Crippen LogP contribution in [0.25, 0.3) is 0 Å². The van der Waals surface area contributed by atoms with Crippen molar-refractivity contribution in [3.05, 3.63) is 23.8 Å². The number of nitrogens with zero attached hydrogens (tertiary/aromatic N) is 1. The van der Waals surface area contributed by atoms with E-state index in [1.165, 1.54) is 38.5 Å². The Labute approximate surface area is 145 Å². The molecule has 3 N–H and O–H groups in total. The fourth-order valence-electron chi connectivity index (χ4n) is 3.28. The van der Waals surface area contributed by atoms with Gasteiger partial charge in [0.15, 0.2) is 17.5 Å². The predicted octanol–water partition coefficient (Wildman–Crippen LogP) is 3.47. The van der Waals surface area contributed by atoms with E-state index in [-0.39, 0.29) is 0 Å². The molecule has 0 atom stereocenters. The molecule has 0 amide bonds. The number of hydrogen-bond donors (Lipinski definition) is 2. The van der Waals surface area contributed by atoms with Crippen molar-refractivity contribution in [1.82, 2.24) is 5.32 Å². The first-order valence-corrected chi connectivity index (χ1v) is 8.97. The van der Waals surface area contributed by atoms with Crippen molar-refractivity contribution in [3.63, 3.8) is 0 Å². The molecular weight excluding hydrogens is 302 g/mol. The Bertz CT molecular complexity index is 525. The van der Waals surface area contributed by atoms with Gasteiger partial charge < -0.3 is 20.5 Å². The molecule has 0 saturated heterocycles. The Hall–Kier alpha value is -1.91. The van der Waals surface area contributed by atoms with Crippen molar-refractivity contribution in [1.29, 1.82) is 0 Å². The Balaban J connectivity index is 1.67. The van der Waals surface area contributed by atoms with Gasteiger partial charge in [-0.2, -0.15) is 0 Å². The predicted molar refractivity (Wildman–Crippen MR) is 98.7 cm³/mol. The first-order chi connectivity index (χ1) is 11.7. The van der Waals surface area contributed by atoms with Crippen molar-refractivity contribution in [2.45, 2.75) is 51.5 Å². The Morgan fingerprint density at radius 3 is 2.62 bits per heavy atom. The van der Waals surface area contributed by atoms with Crippen LogP contribution in [-0.2, 0) is 6.54 Å². The van der Waals surface area contributed by atoms with Gasteiger partial charge in [0, 0.05) is 6.54 Å². The van der Waals surface area contributed by atoms with Crippen LogP contribution in [0.15, 0.2) is 23.2 Å². The van der Waals surface area contributed by atoms with E-state index in [1.54, 1.807) is 14.2 Å². The van der Waals surface area contributed by atoms with Gasteiger partial charge in [-0.25, -0.2) is 4.99 Å². The molecule has 5 nitrogen and oxygen atoms in total. The minimum Gasteiger partial charge on any atom is -0.493 e. The van der Waals surface area contributed by atoms with Gasteiger partial charge in [-0.3, -0.25) is 0 Å². The number of guanidine groups is 1. The number of nitrogens with two attached hydrogens (primary N) is 1. The smallest absolute Gasteiger partial charge is 0.188 e. The fraction of sp³-hybridized carbons (Fsp3) is 0.632. The quantitative estimate of drug-likeness (QED) is 0.412. The molecule has 1 aromatic carbocycles. The second kappa shape index (κ2) is 10.1. The molecule has 0 bridgehead atoms. The van der Waals surface area contributed by atoms with Crippen LogP contribution in [0.1, 0.15) is 50.5 Å². The van der Waals surface area contributed by atoms with Crippen LogP contribution in [0.2, 0.25) is 0 Å². The molecule has 0 radical (unpaired) electrons. The number of hydrogen-bond acceptors (Lipinski definition) is 3. The van der Waals surface area contributed by atoms with E-state index in [0.717, 1.165) is 30.2 Å². The molecule has 0 spiro atoms. The van der Waals surface area contributed by atoms with Crippen LogP contribution >= 0.6 is 0 Å². The van der Waals surface area contributed by atoms with Crippen molar-refractivity contribution in [2.75, 3.05) is 20.8 Å². The van der Waals surface area contributed by atoms with Crippen molar-refractivity contribution < 1.29 is 9.47 Å². The lowest BCUT2D eigenvalue weighted by Gasteiger charge is -2.10. The average Bonchev–Trinajstić information content (AvgIpc) is 3.12. The summed E-state index contributed by atoms with van der Waals surface area (Å²) in [6.45, 7) is 1.43. The largest absolute Gasteiger partial charge is 0.493 e. The van der Waals surface area contributed by atoms with Gasteiger partial charge in [0.25, 0.3) is 0 Å². The SMILES string of the molecule is COc1ccc(CN=C(N)NCCCCC2CCCC2)cc1OC. The molecule has 1 aliphatic carbocycles. The minimum atomic E-state index is 0.505. The molecule has 1 fully saturated rings. The van der Waals surface area contributed by atoms with Crippen molar-refractivity contribution >= 4 is 5.96 Å². The number of unbranched alkanes of at least 4 members (excludes halogenated alkanes) is 1. The molecule has 5 heteroatoms. The Morgan fingerprint density at radius 1 is 1.17 bits per heavy atom. The van der Waals surface area contributed by atoms with Crippen LogP contribution in [0.5, 0.6) is 11.5 Å². The van der Waals surface area contributed by atoms with Crippen LogP contribution < -0.4 is 20.5 Å². The van der Waals surface area contributed by atoms with Gasteiger partial charge >= 0.3 is 0 Å². The van der Waals surface area contributed by atoms with Crippen LogP contribution in [0, 0.1) is 5.92 Å². The molecule has 0 unspecified atom stereocenters. The number of nitrogens with one attached hydrogen (secondary N) is 1. The lowest BCUT2D eigenvalue weighted by molar-refractivity contribution is 0.354. The van der Waals surface area contributed by atoms with Gasteiger partial charge in [-0.1, -0.05) is 44.6 Å². The summed E-state index contributed by atoms with van der Waals surface area (Å²) in [5, 5.41) is 3.20. The number of aliphatic imine (C=N–C) groups is 1.